The summed E-state index contributed by atoms with van der Waals surface area (Å²) in [6, 6.07) is 20.9. The summed E-state index contributed by atoms with van der Waals surface area (Å²) in [6.07, 6.45) is 2.71. The number of aliphatic imine (C=N–C) groups is 1. The van der Waals surface area contributed by atoms with E-state index in [4.69, 9.17) is 19.5 Å². The number of nitrogens with zero attached hydrogens (tertiary/aromatic N) is 3. The van der Waals surface area contributed by atoms with Gasteiger partial charge in [0.15, 0.2) is 0 Å². The van der Waals surface area contributed by atoms with Crippen LogP contribution in [0.15, 0.2) is 71.0 Å². The summed E-state index contributed by atoms with van der Waals surface area (Å²) >= 11 is 1.72. The van der Waals surface area contributed by atoms with Gasteiger partial charge in [0.1, 0.15) is 5.75 Å². The van der Waals surface area contributed by atoms with E-state index in [0.717, 1.165) is 46.2 Å². The number of aromatic nitrogens is 1. The van der Waals surface area contributed by atoms with Gasteiger partial charge in [-0.05, 0) is 61.2 Å². The number of hydrogen-bond donors (Lipinski definition) is 0. The fourth-order valence-corrected chi connectivity index (χ4v) is 4.77. The fraction of sp³-hybridized carbons (Fsp3) is 0.290. The maximum absolute atomic E-state index is 5.82. The van der Waals surface area contributed by atoms with Crippen molar-refractivity contribution in [1.29, 1.82) is 0 Å². The lowest BCUT2D eigenvalue weighted by molar-refractivity contribution is 0.112. The van der Waals surface area contributed by atoms with Crippen molar-refractivity contribution in [3.63, 3.8) is 0 Å². The molecule has 1 aromatic heterocycles. The molecule has 6 heteroatoms. The van der Waals surface area contributed by atoms with Crippen molar-refractivity contribution in [2.45, 2.75) is 33.8 Å². The molecular formula is C31H35N3O2S. The molecule has 0 radical (unpaired) electrons. The van der Waals surface area contributed by atoms with Crippen LogP contribution < -0.4 is 4.74 Å². The minimum atomic E-state index is 0.584. The molecule has 0 aliphatic carbocycles. The molecule has 4 rings (SSSR count). The van der Waals surface area contributed by atoms with Crippen LogP contribution in [-0.2, 0) is 17.8 Å². The fourth-order valence-electron chi connectivity index (χ4n) is 3.94. The van der Waals surface area contributed by atoms with Crippen LogP contribution in [0, 0.1) is 20.8 Å². The third-order valence-electron chi connectivity index (χ3n) is 6.31. The van der Waals surface area contributed by atoms with Gasteiger partial charge in [-0.15, -0.1) is 11.3 Å². The number of rotatable bonds is 11. The molecule has 37 heavy (non-hydrogen) atoms. The van der Waals surface area contributed by atoms with Gasteiger partial charge in [-0.3, -0.25) is 0 Å². The van der Waals surface area contributed by atoms with Gasteiger partial charge in [0.2, 0.25) is 0 Å². The van der Waals surface area contributed by atoms with E-state index in [-0.39, 0.29) is 0 Å². The smallest absolute Gasteiger partial charge is 0.118 e. The topological polar surface area (TPSA) is 47.0 Å². The number of hydrogen-bond acceptors (Lipinski definition) is 5. The first-order valence-corrected chi connectivity index (χ1v) is 13.4. The molecule has 5 nitrogen and oxygen atoms in total. The molecule has 3 aromatic carbocycles. The third-order valence-corrected chi connectivity index (χ3v) is 7.15. The van der Waals surface area contributed by atoms with Gasteiger partial charge in [0.05, 0.1) is 43.1 Å². The van der Waals surface area contributed by atoms with Crippen LogP contribution in [0.5, 0.6) is 5.75 Å². The highest BCUT2D eigenvalue weighted by molar-refractivity contribution is 7.10. The second-order valence-electron chi connectivity index (χ2n) is 9.36. The Bertz CT molecular complexity index is 1330. The maximum atomic E-state index is 5.82. The molecular weight excluding hydrogens is 478 g/mol. The number of ether oxygens (including phenoxy) is 2. The molecule has 0 aliphatic rings. The Labute approximate surface area is 224 Å². The van der Waals surface area contributed by atoms with Crippen molar-refractivity contribution in [3.05, 3.63) is 98.9 Å². The summed E-state index contributed by atoms with van der Waals surface area (Å²) in [7, 11) is 3.69. The second-order valence-corrected chi connectivity index (χ2v) is 10.3. The van der Waals surface area contributed by atoms with Crippen molar-refractivity contribution in [3.8, 4) is 17.0 Å². The molecule has 0 spiro atoms. The summed E-state index contributed by atoms with van der Waals surface area (Å²) in [5.41, 5.74) is 9.29. The lowest BCUT2D eigenvalue weighted by Crippen LogP contribution is -2.21. The zero-order chi connectivity index (χ0) is 26.2. The van der Waals surface area contributed by atoms with Crippen LogP contribution >= 0.6 is 11.3 Å². The Morgan fingerprint density at radius 2 is 1.73 bits per heavy atom. The lowest BCUT2D eigenvalue weighted by Gasteiger charge is -2.14. The standard InChI is InChI=1S/C31H35N3O2S/c1-22-6-10-26(11-7-22)30-20-37-31(33-30)18-27-16-24(3)29(17-23(27)2)32-21-34(4)14-15-36-19-25-8-12-28(35-5)13-9-25/h6-13,16-17,20-21H,14-15,18-19H2,1-5H3/b32-21-. The predicted molar refractivity (Wildman–Crippen MR) is 154 cm³/mol. The van der Waals surface area contributed by atoms with Gasteiger partial charge in [-0.25, -0.2) is 9.98 Å². The monoisotopic (exact) mass is 513 g/mol. The summed E-state index contributed by atoms with van der Waals surface area (Å²) in [4.78, 5) is 11.7. The molecule has 0 saturated heterocycles. The van der Waals surface area contributed by atoms with Crippen LogP contribution in [0.3, 0.4) is 0 Å². The number of aryl methyl sites for hydroxylation is 3. The van der Waals surface area contributed by atoms with Gasteiger partial charge in [-0.1, -0.05) is 48.0 Å². The van der Waals surface area contributed by atoms with E-state index in [0.29, 0.717) is 13.2 Å². The van der Waals surface area contributed by atoms with E-state index in [2.05, 4.69) is 67.4 Å². The zero-order valence-electron chi connectivity index (χ0n) is 22.3. The molecule has 0 atom stereocenters. The highest BCUT2D eigenvalue weighted by Gasteiger charge is 2.09. The van der Waals surface area contributed by atoms with Crippen molar-refractivity contribution in [2.24, 2.45) is 4.99 Å². The van der Waals surface area contributed by atoms with Gasteiger partial charge in [-0.2, -0.15) is 0 Å². The summed E-state index contributed by atoms with van der Waals surface area (Å²) in [6.45, 7) is 8.35. The first-order valence-electron chi connectivity index (χ1n) is 12.5. The van der Waals surface area contributed by atoms with E-state index in [1.807, 2.05) is 37.7 Å². The second kappa shape index (κ2) is 12.7. The van der Waals surface area contributed by atoms with Gasteiger partial charge in [0, 0.05) is 31.0 Å². The summed E-state index contributed by atoms with van der Waals surface area (Å²) < 4.78 is 11.0. The molecule has 0 unspecified atom stereocenters. The highest BCUT2D eigenvalue weighted by atomic mass is 32.1. The normalized spacial score (nSPS) is 11.3. The lowest BCUT2D eigenvalue weighted by atomic mass is 10.0. The van der Waals surface area contributed by atoms with Gasteiger partial charge < -0.3 is 14.4 Å². The van der Waals surface area contributed by atoms with Gasteiger partial charge >= 0.3 is 0 Å². The van der Waals surface area contributed by atoms with Crippen molar-refractivity contribution >= 4 is 23.4 Å². The molecule has 192 valence electrons. The van der Waals surface area contributed by atoms with E-state index in [9.17, 15) is 0 Å². The van der Waals surface area contributed by atoms with Crippen molar-refractivity contribution in [2.75, 3.05) is 27.3 Å². The average molecular weight is 514 g/mol. The highest BCUT2D eigenvalue weighted by Crippen LogP contribution is 2.28. The Balaban J connectivity index is 1.29. The Hall–Kier alpha value is -3.48. The van der Waals surface area contributed by atoms with Crippen molar-refractivity contribution in [1.82, 2.24) is 9.88 Å². The van der Waals surface area contributed by atoms with E-state index >= 15 is 0 Å². The van der Waals surface area contributed by atoms with Crippen LogP contribution in [-0.4, -0.2) is 43.5 Å². The van der Waals surface area contributed by atoms with E-state index < -0.39 is 0 Å². The van der Waals surface area contributed by atoms with Crippen LogP contribution in [0.25, 0.3) is 11.3 Å². The molecule has 0 saturated carbocycles. The van der Waals surface area contributed by atoms with Crippen molar-refractivity contribution < 1.29 is 9.47 Å². The SMILES string of the molecule is COc1ccc(COCCN(C)/C=N\c2cc(C)c(Cc3nc(-c4ccc(C)cc4)cs3)cc2C)cc1. The number of likely N-dealkylation sites (N-methyl/N-ethyl adjacent to an activating group) is 1. The zero-order valence-corrected chi connectivity index (χ0v) is 23.1. The first-order chi connectivity index (χ1) is 17.9. The Kier molecular flexibility index (Phi) is 9.09. The number of methoxy groups -OCH3 is 1. The molecule has 4 aromatic rings. The molecule has 1 heterocycles. The number of benzene rings is 3. The average Bonchev–Trinajstić information content (AvgIpc) is 3.37. The van der Waals surface area contributed by atoms with E-state index in [1.165, 1.54) is 22.3 Å². The molecule has 0 N–H and O–H groups in total. The summed E-state index contributed by atoms with van der Waals surface area (Å²) in [5.74, 6) is 0.855. The molecule has 0 aliphatic heterocycles. The molecule has 0 amide bonds. The first kappa shape index (κ1) is 26.6. The van der Waals surface area contributed by atoms with E-state index in [1.54, 1.807) is 18.4 Å². The van der Waals surface area contributed by atoms with Crippen LogP contribution in [0.1, 0.15) is 32.8 Å². The molecule has 0 fully saturated rings. The third kappa shape index (κ3) is 7.51. The predicted octanol–water partition coefficient (Wildman–Crippen LogP) is 7.14. The number of thiazole rings is 1. The Morgan fingerprint density at radius 1 is 0.973 bits per heavy atom. The Morgan fingerprint density at radius 3 is 2.46 bits per heavy atom. The molecule has 0 bridgehead atoms. The minimum Gasteiger partial charge on any atom is -0.497 e. The maximum Gasteiger partial charge on any atom is 0.118 e. The van der Waals surface area contributed by atoms with Crippen LogP contribution in [0.2, 0.25) is 0 Å². The quantitative estimate of drug-likeness (QED) is 0.121. The summed E-state index contributed by atoms with van der Waals surface area (Å²) in [5, 5.41) is 3.28. The van der Waals surface area contributed by atoms with Gasteiger partial charge in [0.25, 0.3) is 0 Å². The van der Waals surface area contributed by atoms with Crippen LogP contribution in [0.4, 0.5) is 5.69 Å². The largest absolute Gasteiger partial charge is 0.497 e. The minimum absolute atomic E-state index is 0.584.